The van der Waals surface area contributed by atoms with Crippen LogP contribution in [-0.2, 0) is 6.54 Å². The number of aromatic nitrogens is 1. The third-order valence-corrected chi connectivity index (χ3v) is 1.36. The standard InChI is InChI=1S/C7H13N5O/c1-2-9-7(12-8)10-3-6-4-13-5-11-6/h4-5H,2-3,8H2,1H3,(H2,9,10,12). The topological polar surface area (TPSA) is 88.5 Å². The van der Waals surface area contributed by atoms with Crippen molar-refractivity contribution in [1.82, 2.24) is 15.7 Å². The number of nitrogens with two attached hydrogens (primary N) is 1. The van der Waals surface area contributed by atoms with E-state index in [1.165, 1.54) is 6.39 Å². The molecule has 0 saturated carbocycles. The first-order valence-corrected chi connectivity index (χ1v) is 3.98. The molecule has 1 aromatic heterocycles. The molecule has 0 saturated heterocycles. The van der Waals surface area contributed by atoms with Crippen molar-refractivity contribution in [3.63, 3.8) is 0 Å². The molecule has 0 atom stereocenters. The van der Waals surface area contributed by atoms with E-state index >= 15 is 0 Å². The summed E-state index contributed by atoms with van der Waals surface area (Å²) in [6.45, 7) is 3.17. The number of oxazole rings is 1. The highest BCUT2D eigenvalue weighted by Gasteiger charge is 1.95. The Hall–Kier alpha value is -1.56. The van der Waals surface area contributed by atoms with Crippen LogP contribution in [0.1, 0.15) is 12.6 Å². The molecule has 0 aliphatic heterocycles. The van der Waals surface area contributed by atoms with Gasteiger partial charge in [-0.3, -0.25) is 5.43 Å². The molecule has 0 spiro atoms. The van der Waals surface area contributed by atoms with Crippen molar-refractivity contribution in [2.45, 2.75) is 13.5 Å². The number of rotatable bonds is 3. The molecule has 0 bridgehead atoms. The summed E-state index contributed by atoms with van der Waals surface area (Å²) in [6, 6.07) is 0. The third-order valence-electron chi connectivity index (χ3n) is 1.36. The van der Waals surface area contributed by atoms with Crippen LogP contribution in [0.15, 0.2) is 22.1 Å². The molecule has 1 rings (SSSR count). The molecule has 6 nitrogen and oxygen atoms in total. The minimum absolute atomic E-state index is 0.447. The van der Waals surface area contributed by atoms with Crippen LogP contribution in [0.25, 0.3) is 0 Å². The van der Waals surface area contributed by atoms with E-state index in [4.69, 9.17) is 10.3 Å². The van der Waals surface area contributed by atoms with Gasteiger partial charge in [-0.15, -0.1) is 0 Å². The monoisotopic (exact) mass is 183 g/mol. The van der Waals surface area contributed by atoms with Crippen LogP contribution in [0, 0.1) is 0 Å². The molecule has 13 heavy (non-hydrogen) atoms. The first-order chi connectivity index (χ1) is 6.36. The lowest BCUT2D eigenvalue weighted by Crippen LogP contribution is -2.41. The Balaban J connectivity index is 2.45. The van der Waals surface area contributed by atoms with Crippen LogP contribution >= 0.6 is 0 Å². The molecule has 72 valence electrons. The first kappa shape index (κ1) is 9.53. The van der Waals surface area contributed by atoms with Crippen molar-refractivity contribution in [1.29, 1.82) is 0 Å². The zero-order chi connectivity index (χ0) is 9.52. The minimum atomic E-state index is 0.447. The van der Waals surface area contributed by atoms with Crippen LogP contribution in [0.5, 0.6) is 0 Å². The SMILES string of the molecule is CCNC(=NCc1cocn1)NN. The Morgan fingerprint density at radius 3 is 3.15 bits per heavy atom. The molecule has 4 N–H and O–H groups in total. The average molecular weight is 183 g/mol. The summed E-state index contributed by atoms with van der Waals surface area (Å²) in [5, 5.41) is 2.95. The van der Waals surface area contributed by atoms with Gasteiger partial charge in [-0.2, -0.15) is 0 Å². The number of guanidine groups is 1. The largest absolute Gasteiger partial charge is 0.451 e. The Morgan fingerprint density at radius 2 is 2.62 bits per heavy atom. The first-order valence-electron chi connectivity index (χ1n) is 3.98. The molecular formula is C7H13N5O. The van der Waals surface area contributed by atoms with Crippen LogP contribution in [-0.4, -0.2) is 17.5 Å². The summed E-state index contributed by atoms with van der Waals surface area (Å²) >= 11 is 0. The van der Waals surface area contributed by atoms with Crippen molar-refractivity contribution in [2.75, 3.05) is 6.54 Å². The highest BCUT2D eigenvalue weighted by Crippen LogP contribution is 1.95. The molecular weight excluding hydrogens is 170 g/mol. The fraction of sp³-hybridized carbons (Fsp3) is 0.429. The Labute approximate surface area is 76.2 Å². The lowest BCUT2D eigenvalue weighted by Gasteiger charge is -2.04. The second kappa shape index (κ2) is 5.15. The van der Waals surface area contributed by atoms with Gasteiger partial charge < -0.3 is 9.73 Å². The Kier molecular flexibility index (Phi) is 3.77. The van der Waals surface area contributed by atoms with E-state index in [2.05, 4.69) is 20.7 Å². The number of hydrazine groups is 1. The molecule has 0 aliphatic carbocycles. The van der Waals surface area contributed by atoms with Crippen molar-refractivity contribution in [2.24, 2.45) is 10.8 Å². The van der Waals surface area contributed by atoms with Gasteiger partial charge in [-0.25, -0.2) is 15.8 Å². The molecule has 0 unspecified atom stereocenters. The van der Waals surface area contributed by atoms with Gasteiger partial charge >= 0.3 is 0 Å². The van der Waals surface area contributed by atoms with Crippen LogP contribution in [0.2, 0.25) is 0 Å². The van der Waals surface area contributed by atoms with Gasteiger partial charge in [0.1, 0.15) is 12.0 Å². The zero-order valence-corrected chi connectivity index (χ0v) is 7.45. The normalized spacial score (nSPS) is 11.4. The molecule has 1 heterocycles. The van der Waals surface area contributed by atoms with Crippen molar-refractivity contribution in [3.8, 4) is 0 Å². The van der Waals surface area contributed by atoms with E-state index < -0.39 is 0 Å². The van der Waals surface area contributed by atoms with E-state index in [0.717, 1.165) is 12.2 Å². The van der Waals surface area contributed by atoms with Crippen LogP contribution < -0.4 is 16.6 Å². The molecule has 6 heteroatoms. The van der Waals surface area contributed by atoms with E-state index in [9.17, 15) is 0 Å². The zero-order valence-electron chi connectivity index (χ0n) is 7.45. The molecule has 0 radical (unpaired) electrons. The smallest absolute Gasteiger partial charge is 0.206 e. The number of nitrogens with zero attached hydrogens (tertiary/aromatic N) is 2. The highest BCUT2D eigenvalue weighted by atomic mass is 16.3. The number of hydrogen-bond acceptors (Lipinski definition) is 4. The van der Waals surface area contributed by atoms with Gasteiger partial charge in [-0.1, -0.05) is 0 Å². The van der Waals surface area contributed by atoms with E-state index in [0.29, 0.717) is 12.5 Å². The lowest BCUT2D eigenvalue weighted by atomic mass is 10.5. The number of aliphatic imine (C=N–C) groups is 1. The molecule has 0 aliphatic rings. The van der Waals surface area contributed by atoms with E-state index in [1.54, 1.807) is 6.26 Å². The van der Waals surface area contributed by atoms with Crippen molar-refractivity contribution >= 4 is 5.96 Å². The van der Waals surface area contributed by atoms with Gasteiger partial charge in [0.15, 0.2) is 6.39 Å². The number of nitrogens with one attached hydrogen (secondary N) is 2. The predicted molar refractivity (Wildman–Crippen MR) is 48.6 cm³/mol. The van der Waals surface area contributed by atoms with Gasteiger partial charge in [0.25, 0.3) is 0 Å². The maximum Gasteiger partial charge on any atom is 0.206 e. The maximum atomic E-state index is 5.21. The van der Waals surface area contributed by atoms with E-state index in [-0.39, 0.29) is 0 Å². The summed E-state index contributed by atoms with van der Waals surface area (Å²) in [5.74, 6) is 5.76. The fourth-order valence-corrected chi connectivity index (χ4v) is 0.796. The summed E-state index contributed by atoms with van der Waals surface area (Å²) in [5.41, 5.74) is 3.22. The lowest BCUT2D eigenvalue weighted by molar-refractivity contribution is 0.556. The Bertz CT molecular complexity index is 256. The van der Waals surface area contributed by atoms with E-state index in [1.807, 2.05) is 6.92 Å². The average Bonchev–Trinajstić information content (AvgIpc) is 2.64. The summed E-state index contributed by atoms with van der Waals surface area (Å²) in [4.78, 5) is 8.03. The third kappa shape index (κ3) is 3.12. The number of hydrogen-bond donors (Lipinski definition) is 3. The molecule has 1 aromatic rings. The van der Waals surface area contributed by atoms with Crippen molar-refractivity contribution in [3.05, 3.63) is 18.4 Å². The van der Waals surface area contributed by atoms with Crippen LogP contribution in [0.4, 0.5) is 0 Å². The van der Waals surface area contributed by atoms with Gasteiger partial charge in [-0.05, 0) is 6.92 Å². The molecule has 0 aromatic carbocycles. The summed E-state index contributed by atoms with van der Waals surface area (Å²) in [7, 11) is 0. The maximum absolute atomic E-state index is 5.21. The molecule has 0 fully saturated rings. The summed E-state index contributed by atoms with van der Waals surface area (Å²) in [6.07, 6.45) is 2.91. The highest BCUT2D eigenvalue weighted by molar-refractivity contribution is 5.78. The van der Waals surface area contributed by atoms with Gasteiger partial charge in [0.05, 0.1) is 6.54 Å². The molecule has 0 amide bonds. The second-order valence-electron chi connectivity index (χ2n) is 2.32. The van der Waals surface area contributed by atoms with Crippen LogP contribution in [0.3, 0.4) is 0 Å². The minimum Gasteiger partial charge on any atom is -0.451 e. The predicted octanol–water partition coefficient (Wildman–Crippen LogP) is -0.397. The quantitative estimate of drug-likeness (QED) is 0.257. The second-order valence-corrected chi connectivity index (χ2v) is 2.32. The fourth-order valence-electron chi connectivity index (χ4n) is 0.796. The van der Waals surface area contributed by atoms with Gasteiger partial charge in [0, 0.05) is 6.54 Å². The van der Waals surface area contributed by atoms with Gasteiger partial charge in [0.2, 0.25) is 5.96 Å². The summed E-state index contributed by atoms with van der Waals surface area (Å²) < 4.78 is 4.79. The van der Waals surface area contributed by atoms with Crippen molar-refractivity contribution < 1.29 is 4.42 Å². The Morgan fingerprint density at radius 1 is 1.77 bits per heavy atom.